The number of hydrogen-bond donors (Lipinski definition) is 1. The zero-order chi connectivity index (χ0) is 23.3. The fourth-order valence-electron chi connectivity index (χ4n) is 2.61. The zero-order valence-corrected chi connectivity index (χ0v) is 18.1. The van der Waals surface area contributed by atoms with Gasteiger partial charge in [-0.3, -0.25) is 14.6 Å². The summed E-state index contributed by atoms with van der Waals surface area (Å²) in [7, 11) is 0. The summed E-state index contributed by atoms with van der Waals surface area (Å²) in [5.74, 6) is -0.924. The van der Waals surface area contributed by atoms with Crippen LogP contribution in [-0.2, 0) is 9.59 Å². The average Bonchev–Trinajstić information content (AvgIpc) is 3.42. The van der Waals surface area contributed by atoms with Gasteiger partial charge in [-0.2, -0.15) is 18.3 Å². The number of carbonyl (C=O) groups excluding carboxylic acids is 2. The molecular formula is C20H27ClF3N5O2. The predicted octanol–water partition coefficient (Wildman–Crippen LogP) is 4.67. The first kappa shape index (κ1) is 26.4. The Bertz CT molecular complexity index is 788. The van der Waals surface area contributed by atoms with Gasteiger partial charge in [-0.05, 0) is 19.1 Å². The van der Waals surface area contributed by atoms with E-state index in [-0.39, 0.29) is 0 Å². The minimum Gasteiger partial charge on any atom is -0.370 e. The second kappa shape index (κ2) is 13.6. The lowest BCUT2D eigenvalue weighted by atomic mass is 10.3. The normalized spacial score (nSPS) is 12.8. The molecule has 7 nitrogen and oxygen atoms in total. The van der Waals surface area contributed by atoms with Crippen LogP contribution in [0.5, 0.6) is 0 Å². The molecule has 11 heteroatoms. The molecule has 0 aromatic carbocycles. The van der Waals surface area contributed by atoms with Crippen LogP contribution in [0.25, 0.3) is 5.69 Å². The van der Waals surface area contributed by atoms with Crippen molar-refractivity contribution in [3.05, 3.63) is 35.9 Å². The first-order valence-electron chi connectivity index (χ1n) is 9.90. The van der Waals surface area contributed by atoms with Crippen LogP contribution in [0, 0.1) is 0 Å². The van der Waals surface area contributed by atoms with Gasteiger partial charge in [-0.15, -0.1) is 0 Å². The molecule has 2 aromatic rings. The van der Waals surface area contributed by atoms with E-state index >= 15 is 0 Å². The lowest BCUT2D eigenvalue weighted by Gasteiger charge is -2.11. The van der Waals surface area contributed by atoms with Crippen LogP contribution in [0.3, 0.4) is 0 Å². The number of hydrogen-bond acceptors (Lipinski definition) is 4. The van der Waals surface area contributed by atoms with Crippen LogP contribution < -0.4 is 10.6 Å². The first-order chi connectivity index (χ1) is 14.7. The zero-order valence-electron chi connectivity index (χ0n) is 17.3. The van der Waals surface area contributed by atoms with Crippen molar-refractivity contribution < 1.29 is 22.8 Å². The molecule has 0 saturated heterocycles. The van der Waals surface area contributed by atoms with Crippen molar-refractivity contribution in [3.63, 3.8) is 0 Å². The van der Waals surface area contributed by atoms with Crippen molar-refractivity contribution in [2.75, 3.05) is 11.4 Å². The molecule has 172 valence electrons. The number of nitrogens with zero attached hydrogens (tertiary/aromatic N) is 4. The largest absolute Gasteiger partial charge is 0.389 e. The number of carbonyl (C=O) groups is 2. The van der Waals surface area contributed by atoms with E-state index < -0.39 is 24.9 Å². The lowest BCUT2D eigenvalue weighted by molar-refractivity contribution is -0.142. The number of nitrogens with two attached hydrogens (primary N) is 1. The first-order valence-corrected chi connectivity index (χ1v) is 10.3. The summed E-state index contributed by atoms with van der Waals surface area (Å²) in [6, 6.07) is 3.67. The van der Waals surface area contributed by atoms with E-state index in [4.69, 9.17) is 11.6 Å². The van der Waals surface area contributed by atoms with Gasteiger partial charge in [-0.25, -0.2) is 4.68 Å². The molecule has 2 N–H and O–H groups in total. The maximum absolute atomic E-state index is 11.2. The molecule has 0 radical (unpaired) electrons. The standard InChI is InChI=1S/C11H11ClN4O.C5H10.C4H6F3NO/c1-2-15(8-17)10-7-16(14-11(10)12)9-4-3-5-13-6-9;1-2-4-5-3-1;5-4(6,7)2-1-3(8)9/h3-8H,2H2,1H3;1-5H2;1-2H2,(H2,8,9). The molecule has 0 spiro atoms. The fraction of sp³-hybridized carbons (Fsp3) is 0.500. The van der Waals surface area contributed by atoms with E-state index in [0.29, 0.717) is 17.4 Å². The van der Waals surface area contributed by atoms with Crippen LogP contribution in [0.2, 0.25) is 5.15 Å². The number of anilines is 1. The van der Waals surface area contributed by atoms with E-state index in [9.17, 15) is 22.8 Å². The van der Waals surface area contributed by atoms with E-state index in [1.54, 1.807) is 23.3 Å². The van der Waals surface area contributed by atoms with Crippen molar-refractivity contribution in [2.45, 2.75) is 58.0 Å². The van der Waals surface area contributed by atoms with Gasteiger partial charge in [0.1, 0.15) is 5.69 Å². The van der Waals surface area contributed by atoms with Crippen molar-refractivity contribution in [3.8, 4) is 5.69 Å². The van der Waals surface area contributed by atoms with Gasteiger partial charge in [0.25, 0.3) is 0 Å². The Balaban J connectivity index is 0.000000285. The van der Waals surface area contributed by atoms with Crippen molar-refractivity contribution in [2.24, 2.45) is 5.73 Å². The molecule has 1 fully saturated rings. The Labute approximate surface area is 184 Å². The summed E-state index contributed by atoms with van der Waals surface area (Å²) < 4.78 is 35.2. The topological polar surface area (TPSA) is 94.1 Å². The maximum atomic E-state index is 11.2. The van der Waals surface area contributed by atoms with Crippen LogP contribution in [0.1, 0.15) is 51.9 Å². The number of rotatable bonds is 6. The van der Waals surface area contributed by atoms with Crippen LogP contribution in [0.15, 0.2) is 30.7 Å². The monoisotopic (exact) mass is 461 g/mol. The van der Waals surface area contributed by atoms with Crippen molar-refractivity contribution in [1.82, 2.24) is 14.8 Å². The Morgan fingerprint density at radius 2 is 1.90 bits per heavy atom. The molecule has 2 aromatic heterocycles. The summed E-state index contributed by atoms with van der Waals surface area (Å²) in [6.07, 6.45) is 7.28. The Morgan fingerprint density at radius 1 is 1.29 bits per heavy atom. The molecule has 1 aliphatic rings. The highest BCUT2D eigenvalue weighted by atomic mass is 35.5. The Hall–Kier alpha value is -2.62. The van der Waals surface area contributed by atoms with Gasteiger partial charge >= 0.3 is 6.18 Å². The highest BCUT2D eigenvalue weighted by Gasteiger charge is 2.27. The van der Waals surface area contributed by atoms with Gasteiger partial charge in [0, 0.05) is 19.2 Å². The van der Waals surface area contributed by atoms with Gasteiger partial charge in [0.05, 0.1) is 24.5 Å². The number of pyridine rings is 1. The summed E-state index contributed by atoms with van der Waals surface area (Å²) >= 11 is 5.99. The van der Waals surface area contributed by atoms with Crippen LogP contribution in [0.4, 0.5) is 18.9 Å². The Morgan fingerprint density at radius 3 is 2.29 bits per heavy atom. The predicted molar refractivity (Wildman–Crippen MR) is 113 cm³/mol. The van der Waals surface area contributed by atoms with Crippen molar-refractivity contribution in [1.29, 1.82) is 0 Å². The van der Waals surface area contributed by atoms with Gasteiger partial charge in [0.15, 0.2) is 5.15 Å². The molecule has 0 unspecified atom stereocenters. The highest BCUT2D eigenvalue weighted by molar-refractivity contribution is 6.32. The molecule has 1 aliphatic carbocycles. The van der Waals surface area contributed by atoms with E-state index in [1.165, 1.54) is 37.0 Å². The quantitative estimate of drug-likeness (QED) is 0.632. The molecular weight excluding hydrogens is 435 g/mol. The third-order valence-corrected chi connectivity index (χ3v) is 4.51. The number of primary amides is 1. The van der Waals surface area contributed by atoms with Crippen molar-refractivity contribution >= 4 is 29.6 Å². The molecule has 0 aliphatic heterocycles. The third-order valence-electron chi connectivity index (χ3n) is 4.24. The minimum absolute atomic E-state index is 0.294. The van der Waals surface area contributed by atoms with Gasteiger partial charge in [0.2, 0.25) is 12.3 Å². The second-order valence-electron chi connectivity index (χ2n) is 6.70. The summed E-state index contributed by atoms with van der Waals surface area (Å²) in [5, 5.41) is 4.43. The molecule has 3 rings (SSSR count). The second-order valence-corrected chi connectivity index (χ2v) is 7.06. The Kier molecular flexibility index (Phi) is 11.6. The summed E-state index contributed by atoms with van der Waals surface area (Å²) in [6.45, 7) is 2.41. The van der Waals surface area contributed by atoms with Crippen LogP contribution in [-0.4, -0.2) is 39.8 Å². The smallest absolute Gasteiger partial charge is 0.370 e. The van der Waals surface area contributed by atoms with E-state index in [2.05, 4.69) is 15.8 Å². The molecule has 0 bridgehead atoms. The third kappa shape index (κ3) is 10.8. The molecule has 0 atom stereocenters. The fourth-order valence-corrected chi connectivity index (χ4v) is 2.85. The number of alkyl halides is 3. The SMILES string of the molecule is C1CCCC1.CCN(C=O)c1cn(-c2cccnc2)nc1Cl.NC(=O)CCC(F)(F)F. The number of aromatic nitrogens is 3. The number of amides is 2. The molecule has 2 heterocycles. The van der Waals surface area contributed by atoms with Gasteiger partial charge < -0.3 is 10.6 Å². The minimum atomic E-state index is -4.27. The summed E-state index contributed by atoms with van der Waals surface area (Å²) in [4.78, 5) is 26.1. The lowest BCUT2D eigenvalue weighted by Crippen LogP contribution is -2.19. The molecule has 1 saturated carbocycles. The average molecular weight is 462 g/mol. The van der Waals surface area contributed by atoms with Gasteiger partial charge in [-0.1, -0.05) is 43.7 Å². The van der Waals surface area contributed by atoms with Crippen LogP contribution >= 0.6 is 11.6 Å². The molecule has 31 heavy (non-hydrogen) atoms. The van der Waals surface area contributed by atoms with E-state index in [1.807, 2.05) is 19.1 Å². The van der Waals surface area contributed by atoms with E-state index in [0.717, 1.165) is 12.1 Å². The molecule has 2 amide bonds. The maximum Gasteiger partial charge on any atom is 0.389 e. The number of halogens is 4. The highest BCUT2D eigenvalue weighted by Crippen LogP contribution is 2.24. The summed E-state index contributed by atoms with van der Waals surface area (Å²) in [5.41, 5.74) is 5.85.